The van der Waals surface area contributed by atoms with E-state index < -0.39 is 0 Å². The van der Waals surface area contributed by atoms with Gasteiger partial charge in [-0.2, -0.15) is 0 Å². The van der Waals surface area contributed by atoms with Gasteiger partial charge in [-0.1, -0.05) is 13.8 Å². The lowest BCUT2D eigenvalue weighted by molar-refractivity contribution is -0.124. The van der Waals surface area contributed by atoms with Gasteiger partial charge in [-0.25, -0.2) is 4.39 Å². The molecule has 2 nitrogen and oxygen atoms in total. The van der Waals surface area contributed by atoms with Gasteiger partial charge in [0.2, 0.25) is 0 Å². The van der Waals surface area contributed by atoms with E-state index in [-0.39, 0.29) is 24.1 Å². The fraction of sp³-hybridized carbons (Fsp3) is 0.417. The molecule has 0 spiro atoms. The first-order valence-electron chi connectivity index (χ1n) is 5.15. The van der Waals surface area contributed by atoms with Gasteiger partial charge >= 0.3 is 0 Å². The van der Waals surface area contributed by atoms with Crippen LogP contribution >= 0.6 is 15.9 Å². The van der Waals surface area contributed by atoms with Crippen LogP contribution in [0.5, 0.6) is 5.75 Å². The molecular formula is C12H14BrFO2. The maximum absolute atomic E-state index is 12.9. The lowest BCUT2D eigenvalue weighted by Crippen LogP contribution is -2.18. The van der Waals surface area contributed by atoms with Gasteiger partial charge in [-0.3, -0.25) is 4.79 Å². The lowest BCUT2D eigenvalue weighted by Gasteiger charge is -2.10. The Kier molecular flexibility index (Phi) is 4.93. The maximum Gasteiger partial charge on any atom is 0.172 e. The van der Waals surface area contributed by atoms with E-state index in [0.717, 1.165) is 6.42 Å². The molecule has 1 atom stereocenters. The highest BCUT2D eigenvalue weighted by Gasteiger charge is 2.12. The molecule has 0 saturated carbocycles. The molecular weight excluding hydrogens is 275 g/mol. The minimum Gasteiger partial charge on any atom is -0.485 e. The van der Waals surface area contributed by atoms with Crippen LogP contribution in [0.15, 0.2) is 22.7 Å². The Labute approximate surface area is 103 Å². The molecule has 1 rings (SSSR count). The van der Waals surface area contributed by atoms with Crippen molar-refractivity contribution in [3.63, 3.8) is 0 Å². The number of carbonyl (C=O) groups is 1. The first-order chi connectivity index (χ1) is 7.54. The molecule has 0 N–H and O–H groups in total. The Balaban J connectivity index is 2.61. The van der Waals surface area contributed by atoms with Crippen LogP contribution in [0.4, 0.5) is 4.39 Å². The summed E-state index contributed by atoms with van der Waals surface area (Å²) in [6, 6.07) is 4.14. The highest BCUT2D eigenvalue weighted by Crippen LogP contribution is 2.25. The van der Waals surface area contributed by atoms with Gasteiger partial charge in [0, 0.05) is 12.0 Å². The van der Waals surface area contributed by atoms with E-state index >= 15 is 0 Å². The van der Waals surface area contributed by atoms with Crippen molar-refractivity contribution < 1.29 is 13.9 Å². The Bertz CT molecular complexity index is 379. The summed E-state index contributed by atoms with van der Waals surface area (Å²) in [7, 11) is 0. The molecule has 0 heterocycles. The molecule has 16 heavy (non-hydrogen) atoms. The second kappa shape index (κ2) is 5.99. The van der Waals surface area contributed by atoms with Crippen molar-refractivity contribution in [1.82, 2.24) is 0 Å². The van der Waals surface area contributed by atoms with Crippen molar-refractivity contribution >= 4 is 21.7 Å². The number of rotatable bonds is 5. The van der Waals surface area contributed by atoms with Crippen LogP contribution in [-0.4, -0.2) is 12.4 Å². The maximum atomic E-state index is 12.9. The van der Waals surface area contributed by atoms with Crippen molar-refractivity contribution in [2.24, 2.45) is 5.92 Å². The fourth-order valence-corrected chi connectivity index (χ4v) is 1.47. The number of halogens is 2. The molecule has 1 aromatic carbocycles. The van der Waals surface area contributed by atoms with Gasteiger partial charge < -0.3 is 4.74 Å². The van der Waals surface area contributed by atoms with Gasteiger partial charge in [-0.15, -0.1) is 0 Å². The van der Waals surface area contributed by atoms with Crippen LogP contribution < -0.4 is 4.74 Å². The SMILES string of the molecule is CCC(C)C(=O)COc1cc(F)ccc1Br. The van der Waals surface area contributed by atoms with Crippen LogP contribution in [0, 0.1) is 11.7 Å². The highest BCUT2D eigenvalue weighted by atomic mass is 79.9. The fourth-order valence-electron chi connectivity index (χ4n) is 1.11. The van der Waals surface area contributed by atoms with Gasteiger partial charge in [0.1, 0.15) is 18.2 Å². The first kappa shape index (κ1) is 13.2. The van der Waals surface area contributed by atoms with E-state index in [1.54, 1.807) is 6.07 Å². The van der Waals surface area contributed by atoms with E-state index in [1.165, 1.54) is 12.1 Å². The lowest BCUT2D eigenvalue weighted by atomic mass is 10.1. The van der Waals surface area contributed by atoms with Crippen LogP contribution in [0.2, 0.25) is 0 Å². The number of ether oxygens (including phenoxy) is 1. The monoisotopic (exact) mass is 288 g/mol. The Morgan fingerprint density at radius 2 is 2.25 bits per heavy atom. The van der Waals surface area contributed by atoms with Gasteiger partial charge in [0.25, 0.3) is 0 Å². The zero-order valence-corrected chi connectivity index (χ0v) is 10.9. The van der Waals surface area contributed by atoms with Gasteiger partial charge in [0.05, 0.1) is 4.47 Å². The van der Waals surface area contributed by atoms with Crippen molar-refractivity contribution in [3.8, 4) is 5.75 Å². The smallest absolute Gasteiger partial charge is 0.172 e. The number of Topliss-reactive ketones (excluding diaryl/α,β-unsaturated/α-hetero) is 1. The van der Waals surface area contributed by atoms with Crippen LogP contribution in [0.3, 0.4) is 0 Å². The summed E-state index contributed by atoms with van der Waals surface area (Å²) >= 11 is 3.23. The van der Waals surface area contributed by atoms with E-state index in [4.69, 9.17) is 4.74 Å². The Morgan fingerprint density at radius 1 is 1.56 bits per heavy atom. The van der Waals surface area contributed by atoms with Gasteiger partial charge in [-0.05, 0) is 34.5 Å². The molecule has 0 bridgehead atoms. The summed E-state index contributed by atoms with van der Waals surface area (Å²) < 4.78 is 18.8. The summed E-state index contributed by atoms with van der Waals surface area (Å²) in [4.78, 5) is 11.5. The third-order valence-corrected chi connectivity index (χ3v) is 3.08. The molecule has 0 aliphatic rings. The molecule has 1 aromatic rings. The molecule has 0 saturated heterocycles. The van der Waals surface area contributed by atoms with Crippen molar-refractivity contribution in [2.75, 3.05) is 6.61 Å². The minimum absolute atomic E-state index is 0.0168. The third kappa shape index (κ3) is 3.59. The number of carbonyl (C=O) groups excluding carboxylic acids is 1. The van der Waals surface area contributed by atoms with E-state index in [9.17, 15) is 9.18 Å². The number of hydrogen-bond donors (Lipinski definition) is 0. The largest absolute Gasteiger partial charge is 0.485 e. The number of benzene rings is 1. The molecule has 0 aliphatic carbocycles. The normalized spacial score (nSPS) is 12.2. The summed E-state index contributed by atoms with van der Waals surface area (Å²) in [6.07, 6.45) is 0.784. The predicted octanol–water partition coefficient (Wildman–Crippen LogP) is 3.58. The zero-order valence-electron chi connectivity index (χ0n) is 9.30. The Morgan fingerprint density at radius 3 is 2.88 bits per heavy atom. The summed E-state index contributed by atoms with van der Waals surface area (Å²) in [5, 5.41) is 0. The van der Waals surface area contributed by atoms with E-state index in [0.29, 0.717) is 10.2 Å². The average molecular weight is 289 g/mol. The molecule has 88 valence electrons. The Hall–Kier alpha value is -0.900. The molecule has 1 unspecified atom stereocenters. The molecule has 0 radical (unpaired) electrons. The standard InChI is InChI=1S/C12H14BrFO2/c1-3-8(2)11(15)7-16-12-6-9(14)4-5-10(12)13/h4-6,8H,3,7H2,1-2H3. The molecule has 4 heteroatoms. The molecule has 0 aliphatic heterocycles. The van der Waals surface area contributed by atoms with E-state index in [1.807, 2.05) is 13.8 Å². The van der Waals surface area contributed by atoms with Crippen LogP contribution in [0.1, 0.15) is 20.3 Å². The van der Waals surface area contributed by atoms with Crippen LogP contribution in [0.25, 0.3) is 0 Å². The average Bonchev–Trinajstić information content (AvgIpc) is 2.28. The third-order valence-electron chi connectivity index (χ3n) is 2.43. The highest BCUT2D eigenvalue weighted by molar-refractivity contribution is 9.10. The molecule has 0 fully saturated rings. The zero-order chi connectivity index (χ0) is 12.1. The van der Waals surface area contributed by atoms with Gasteiger partial charge in [0.15, 0.2) is 5.78 Å². The van der Waals surface area contributed by atoms with Crippen molar-refractivity contribution in [1.29, 1.82) is 0 Å². The first-order valence-corrected chi connectivity index (χ1v) is 5.94. The molecule has 0 aromatic heterocycles. The van der Waals surface area contributed by atoms with Crippen molar-refractivity contribution in [2.45, 2.75) is 20.3 Å². The van der Waals surface area contributed by atoms with Crippen molar-refractivity contribution in [3.05, 3.63) is 28.5 Å². The summed E-state index contributed by atoms with van der Waals surface area (Å²) in [5.41, 5.74) is 0. The quantitative estimate of drug-likeness (QED) is 0.828. The number of hydrogen-bond acceptors (Lipinski definition) is 2. The summed E-state index contributed by atoms with van der Waals surface area (Å²) in [6.45, 7) is 3.78. The topological polar surface area (TPSA) is 26.3 Å². The van der Waals surface area contributed by atoms with Crippen LogP contribution in [-0.2, 0) is 4.79 Å². The second-order valence-electron chi connectivity index (χ2n) is 3.64. The molecule has 0 amide bonds. The predicted molar refractivity (Wildman–Crippen MR) is 64.1 cm³/mol. The van der Waals surface area contributed by atoms with E-state index in [2.05, 4.69) is 15.9 Å². The minimum atomic E-state index is -0.380. The second-order valence-corrected chi connectivity index (χ2v) is 4.49. The number of ketones is 1. The summed E-state index contributed by atoms with van der Waals surface area (Å²) in [5.74, 6) is -0.0168.